The lowest BCUT2D eigenvalue weighted by Crippen LogP contribution is -2.43. The zero-order valence-corrected chi connectivity index (χ0v) is 11.2. The third kappa shape index (κ3) is 5.32. The van der Waals surface area contributed by atoms with Gasteiger partial charge in [0.2, 0.25) is 10.0 Å². The molecule has 0 bridgehead atoms. The molecule has 1 saturated carbocycles. The fourth-order valence-corrected chi connectivity index (χ4v) is 3.99. The van der Waals surface area contributed by atoms with Crippen LogP contribution in [0, 0.1) is 5.92 Å². The van der Waals surface area contributed by atoms with E-state index >= 15 is 0 Å². The molecule has 0 aliphatic heterocycles. The molecule has 1 rings (SSSR count). The first-order chi connectivity index (χ1) is 8.44. The summed E-state index contributed by atoms with van der Waals surface area (Å²) in [5, 5.41) is 17.5. The van der Waals surface area contributed by atoms with Crippen LogP contribution in [-0.2, 0) is 14.8 Å². The molecule has 7 heteroatoms. The number of carboxylic acids is 1. The van der Waals surface area contributed by atoms with Crippen LogP contribution >= 0.6 is 0 Å². The average Bonchev–Trinajstić information content (AvgIpc) is 2.28. The van der Waals surface area contributed by atoms with Gasteiger partial charge in [-0.2, -0.15) is 0 Å². The SMILES string of the molecule is O=C(O)[C@H](CCO)NS(=O)(=O)CC1CCCCC1. The number of carbonyl (C=O) groups is 1. The number of rotatable bonds is 7. The number of carboxylic acid groups (broad SMARTS) is 1. The molecule has 0 saturated heterocycles. The lowest BCUT2D eigenvalue weighted by atomic mass is 9.91. The number of hydrogen-bond acceptors (Lipinski definition) is 4. The van der Waals surface area contributed by atoms with Gasteiger partial charge >= 0.3 is 5.97 Å². The van der Waals surface area contributed by atoms with Crippen molar-refractivity contribution < 1.29 is 23.4 Å². The molecule has 1 fully saturated rings. The molecule has 0 aromatic carbocycles. The molecule has 0 aromatic heterocycles. The minimum Gasteiger partial charge on any atom is -0.480 e. The molecule has 0 amide bonds. The van der Waals surface area contributed by atoms with Crippen LogP contribution in [0.15, 0.2) is 0 Å². The normalized spacial score (nSPS) is 19.6. The Kier molecular flexibility index (Phi) is 6.04. The quantitative estimate of drug-likeness (QED) is 0.622. The molecule has 0 unspecified atom stereocenters. The molecule has 106 valence electrons. The number of aliphatic hydroxyl groups excluding tert-OH is 1. The predicted octanol–water partition coefficient (Wildman–Crippen LogP) is 0.322. The van der Waals surface area contributed by atoms with E-state index in [-0.39, 0.29) is 24.7 Å². The minimum atomic E-state index is -3.59. The number of sulfonamides is 1. The first-order valence-corrected chi connectivity index (χ1v) is 7.93. The highest BCUT2D eigenvalue weighted by Crippen LogP contribution is 2.24. The second-order valence-corrected chi connectivity index (χ2v) is 6.60. The topological polar surface area (TPSA) is 104 Å². The van der Waals surface area contributed by atoms with Gasteiger partial charge in [-0.1, -0.05) is 19.3 Å². The van der Waals surface area contributed by atoms with E-state index in [9.17, 15) is 13.2 Å². The molecule has 1 atom stereocenters. The van der Waals surface area contributed by atoms with Crippen LogP contribution in [0.1, 0.15) is 38.5 Å². The minimum absolute atomic E-state index is 0.0117. The standard InChI is InChI=1S/C11H21NO5S/c13-7-6-10(11(14)15)12-18(16,17)8-9-4-2-1-3-5-9/h9-10,12-13H,1-8H2,(H,14,15)/t10-/m0/s1. The zero-order chi connectivity index (χ0) is 13.6. The lowest BCUT2D eigenvalue weighted by molar-refractivity contribution is -0.139. The highest BCUT2D eigenvalue weighted by atomic mass is 32.2. The summed E-state index contributed by atoms with van der Waals surface area (Å²) >= 11 is 0. The van der Waals surface area contributed by atoms with Gasteiger partial charge in [-0.05, 0) is 25.2 Å². The monoisotopic (exact) mass is 279 g/mol. The van der Waals surface area contributed by atoms with Crippen molar-refractivity contribution in [3.63, 3.8) is 0 Å². The fraction of sp³-hybridized carbons (Fsp3) is 0.909. The van der Waals surface area contributed by atoms with Gasteiger partial charge < -0.3 is 10.2 Å². The van der Waals surface area contributed by atoms with Gasteiger partial charge in [-0.25, -0.2) is 13.1 Å². The van der Waals surface area contributed by atoms with Crippen molar-refractivity contribution in [3.05, 3.63) is 0 Å². The number of nitrogens with one attached hydrogen (secondary N) is 1. The van der Waals surface area contributed by atoms with Crippen molar-refractivity contribution in [2.24, 2.45) is 5.92 Å². The van der Waals surface area contributed by atoms with Gasteiger partial charge in [-0.3, -0.25) is 4.79 Å². The predicted molar refractivity (Wildman–Crippen MR) is 66.6 cm³/mol. The van der Waals surface area contributed by atoms with Gasteiger partial charge in [-0.15, -0.1) is 0 Å². The van der Waals surface area contributed by atoms with Crippen molar-refractivity contribution in [1.29, 1.82) is 0 Å². The van der Waals surface area contributed by atoms with Crippen molar-refractivity contribution >= 4 is 16.0 Å². The third-order valence-electron chi connectivity index (χ3n) is 3.22. The molecule has 1 aliphatic rings. The van der Waals surface area contributed by atoms with E-state index in [2.05, 4.69) is 4.72 Å². The van der Waals surface area contributed by atoms with Crippen LogP contribution in [0.2, 0.25) is 0 Å². The molecular formula is C11H21NO5S. The number of hydrogen-bond donors (Lipinski definition) is 3. The summed E-state index contributed by atoms with van der Waals surface area (Å²) in [6.07, 6.45) is 4.89. The van der Waals surface area contributed by atoms with E-state index in [1.54, 1.807) is 0 Å². The fourth-order valence-electron chi connectivity index (χ4n) is 2.29. The first kappa shape index (κ1) is 15.4. The molecule has 3 N–H and O–H groups in total. The number of aliphatic carboxylic acids is 1. The maximum atomic E-state index is 11.8. The summed E-state index contributed by atoms with van der Waals surface area (Å²) in [7, 11) is -3.59. The summed E-state index contributed by atoms with van der Waals surface area (Å²) in [5.74, 6) is -1.14. The Balaban J connectivity index is 2.53. The Hall–Kier alpha value is -0.660. The second-order valence-electron chi connectivity index (χ2n) is 4.81. The van der Waals surface area contributed by atoms with Crippen LogP contribution in [-0.4, -0.2) is 43.0 Å². The van der Waals surface area contributed by atoms with E-state index in [0.29, 0.717) is 0 Å². The summed E-state index contributed by atoms with van der Waals surface area (Å²) in [5.41, 5.74) is 0. The van der Waals surface area contributed by atoms with Gasteiger partial charge in [0.1, 0.15) is 6.04 Å². The average molecular weight is 279 g/mol. The number of aliphatic hydroxyl groups is 1. The van der Waals surface area contributed by atoms with Gasteiger partial charge in [0.25, 0.3) is 0 Å². The Morgan fingerprint density at radius 2 is 1.89 bits per heavy atom. The van der Waals surface area contributed by atoms with Gasteiger partial charge in [0.15, 0.2) is 0 Å². The molecule has 0 radical (unpaired) electrons. The molecule has 18 heavy (non-hydrogen) atoms. The molecular weight excluding hydrogens is 258 g/mol. The molecule has 0 spiro atoms. The van der Waals surface area contributed by atoms with Crippen LogP contribution in [0.5, 0.6) is 0 Å². The Bertz CT molecular complexity index is 362. The summed E-state index contributed by atoms with van der Waals surface area (Å²) < 4.78 is 25.8. The van der Waals surface area contributed by atoms with Crippen molar-refractivity contribution in [3.8, 4) is 0 Å². The molecule has 0 heterocycles. The van der Waals surface area contributed by atoms with Gasteiger partial charge in [0, 0.05) is 6.61 Å². The lowest BCUT2D eigenvalue weighted by Gasteiger charge is -2.22. The Labute approximate surface area is 107 Å². The maximum absolute atomic E-state index is 11.8. The van der Waals surface area contributed by atoms with E-state index in [1.165, 1.54) is 0 Å². The highest BCUT2D eigenvalue weighted by Gasteiger charge is 2.26. The Morgan fingerprint density at radius 1 is 1.28 bits per heavy atom. The van der Waals surface area contributed by atoms with E-state index in [0.717, 1.165) is 32.1 Å². The van der Waals surface area contributed by atoms with E-state index in [4.69, 9.17) is 10.2 Å². The van der Waals surface area contributed by atoms with Crippen molar-refractivity contribution in [1.82, 2.24) is 4.72 Å². The molecule has 1 aliphatic carbocycles. The molecule has 6 nitrogen and oxygen atoms in total. The van der Waals surface area contributed by atoms with Crippen LogP contribution < -0.4 is 4.72 Å². The second kappa shape index (κ2) is 7.06. The smallest absolute Gasteiger partial charge is 0.321 e. The highest BCUT2D eigenvalue weighted by molar-refractivity contribution is 7.89. The first-order valence-electron chi connectivity index (χ1n) is 6.28. The summed E-state index contributed by atoms with van der Waals surface area (Å²) in [6, 6.07) is -1.23. The Morgan fingerprint density at radius 3 is 2.39 bits per heavy atom. The maximum Gasteiger partial charge on any atom is 0.321 e. The van der Waals surface area contributed by atoms with Crippen molar-refractivity contribution in [2.75, 3.05) is 12.4 Å². The zero-order valence-electron chi connectivity index (χ0n) is 10.3. The van der Waals surface area contributed by atoms with E-state index in [1.807, 2.05) is 0 Å². The van der Waals surface area contributed by atoms with Crippen molar-refractivity contribution in [2.45, 2.75) is 44.6 Å². The van der Waals surface area contributed by atoms with Gasteiger partial charge in [0.05, 0.1) is 5.75 Å². The van der Waals surface area contributed by atoms with E-state index < -0.39 is 22.0 Å². The third-order valence-corrected chi connectivity index (χ3v) is 4.77. The van der Waals surface area contributed by atoms with Crippen LogP contribution in [0.25, 0.3) is 0 Å². The molecule has 0 aromatic rings. The van der Waals surface area contributed by atoms with Crippen LogP contribution in [0.4, 0.5) is 0 Å². The summed E-state index contributed by atoms with van der Waals surface area (Å²) in [6.45, 7) is -0.358. The summed E-state index contributed by atoms with van der Waals surface area (Å²) in [4.78, 5) is 10.8. The largest absolute Gasteiger partial charge is 0.480 e. The van der Waals surface area contributed by atoms with Crippen LogP contribution in [0.3, 0.4) is 0 Å².